The molecule has 0 aliphatic carbocycles. The summed E-state index contributed by atoms with van der Waals surface area (Å²) in [4.78, 5) is 37.6. The van der Waals surface area contributed by atoms with E-state index in [1.54, 1.807) is 0 Å². The second-order valence-corrected chi connectivity index (χ2v) is 19.6. The van der Waals surface area contributed by atoms with E-state index in [0.717, 1.165) is 57.8 Å². The average Bonchev–Trinajstić information content (AvgIpc) is 3.21. The largest absolute Gasteiger partial charge is 0.756 e. The Labute approximate surface area is 376 Å². The van der Waals surface area contributed by atoms with E-state index in [9.17, 15) is 19.0 Å². The van der Waals surface area contributed by atoms with E-state index in [4.69, 9.17) is 18.5 Å². The number of hydrogen-bond acceptors (Lipinski definition) is 8. The summed E-state index contributed by atoms with van der Waals surface area (Å²) in [7, 11) is 1.15. The van der Waals surface area contributed by atoms with Gasteiger partial charge in [0.05, 0.1) is 27.7 Å². The summed E-state index contributed by atoms with van der Waals surface area (Å²) in [5, 5.41) is 0. The molecule has 0 rings (SSSR count). The van der Waals surface area contributed by atoms with Crippen molar-refractivity contribution in [1.82, 2.24) is 0 Å². The molecule has 0 saturated carbocycles. The molecule has 10 heteroatoms. The highest BCUT2D eigenvalue weighted by Gasteiger charge is 2.21. The second-order valence-electron chi connectivity index (χ2n) is 18.2. The van der Waals surface area contributed by atoms with Gasteiger partial charge in [-0.05, 0) is 44.9 Å². The van der Waals surface area contributed by atoms with Crippen LogP contribution in [0.1, 0.15) is 226 Å². The predicted octanol–water partition coefficient (Wildman–Crippen LogP) is 14.2. The number of carbonyl (C=O) groups excluding carboxylic acids is 2. The molecule has 0 aliphatic rings. The number of unbranched alkanes of at least 4 members (excludes halogenated alkanes) is 26. The Morgan fingerprint density at radius 2 is 0.934 bits per heavy atom. The summed E-state index contributed by atoms with van der Waals surface area (Å²) in [6.07, 6.45) is 50.5. The van der Waals surface area contributed by atoms with Gasteiger partial charge in [-0.3, -0.25) is 14.2 Å². The van der Waals surface area contributed by atoms with Crippen molar-refractivity contribution in [1.29, 1.82) is 0 Å². The highest BCUT2D eigenvalue weighted by atomic mass is 31.2. The van der Waals surface area contributed by atoms with Gasteiger partial charge in [-0.15, -0.1) is 0 Å². The van der Waals surface area contributed by atoms with E-state index in [1.165, 1.54) is 135 Å². The third-order valence-electron chi connectivity index (χ3n) is 10.9. The maximum Gasteiger partial charge on any atom is 0.306 e. The summed E-state index contributed by atoms with van der Waals surface area (Å²) in [5.74, 6) is -0.861. The molecule has 0 heterocycles. The first kappa shape index (κ1) is 59.2. The fourth-order valence-corrected chi connectivity index (χ4v) is 7.75. The number of phosphoric acid groups is 1. The van der Waals surface area contributed by atoms with Crippen molar-refractivity contribution in [3.63, 3.8) is 0 Å². The van der Waals surface area contributed by atoms with Gasteiger partial charge in [0, 0.05) is 12.8 Å². The number of nitrogens with zero attached hydrogens (tertiary/aromatic N) is 1. The third kappa shape index (κ3) is 47.5. The molecule has 2 atom stereocenters. The van der Waals surface area contributed by atoms with E-state index >= 15 is 0 Å². The summed E-state index contributed by atoms with van der Waals surface area (Å²) in [6, 6.07) is 0. The molecule has 2 unspecified atom stereocenters. The molecule has 0 radical (unpaired) electrons. The van der Waals surface area contributed by atoms with Gasteiger partial charge in [0.1, 0.15) is 19.8 Å². The first-order chi connectivity index (χ1) is 29.5. The minimum absolute atomic E-state index is 0.0359. The second kappa shape index (κ2) is 43.5. The fourth-order valence-electron chi connectivity index (χ4n) is 7.02. The SMILES string of the molecule is CC/C=C\C/C=C\C/C=C\CCCCCC(=O)OC(COC(=O)CCCCCCCCCCCCCCCCCCCCCCCCCC)COP(=O)([O-])OCC[N+](C)(C)C. The first-order valence-corrected chi connectivity index (χ1v) is 26.7. The smallest absolute Gasteiger partial charge is 0.306 e. The molecule has 0 aromatic heterocycles. The Kier molecular flexibility index (Phi) is 42.2. The lowest BCUT2D eigenvalue weighted by molar-refractivity contribution is -0.870. The lowest BCUT2D eigenvalue weighted by Crippen LogP contribution is -2.37. The van der Waals surface area contributed by atoms with Crippen LogP contribution in [-0.2, 0) is 32.7 Å². The van der Waals surface area contributed by atoms with Gasteiger partial charge >= 0.3 is 11.9 Å². The highest BCUT2D eigenvalue weighted by Crippen LogP contribution is 2.38. The molecule has 0 fully saturated rings. The number of esters is 2. The van der Waals surface area contributed by atoms with E-state index < -0.39 is 26.5 Å². The van der Waals surface area contributed by atoms with Gasteiger partial charge in [0.15, 0.2) is 6.10 Å². The van der Waals surface area contributed by atoms with Crippen LogP contribution in [0.25, 0.3) is 0 Å². The first-order valence-electron chi connectivity index (χ1n) is 25.2. The molecule has 0 aromatic carbocycles. The number of allylic oxidation sites excluding steroid dienone is 6. The Morgan fingerprint density at radius 3 is 1.39 bits per heavy atom. The molecule has 0 amide bonds. The van der Waals surface area contributed by atoms with Crippen LogP contribution in [0.3, 0.4) is 0 Å². The summed E-state index contributed by atoms with van der Waals surface area (Å²) in [5.41, 5.74) is 0. The molecule has 9 nitrogen and oxygen atoms in total. The third-order valence-corrected chi connectivity index (χ3v) is 11.9. The summed E-state index contributed by atoms with van der Waals surface area (Å²) >= 11 is 0. The molecular formula is C51H96NO8P. The number of rotatable bonds is 46. The van der Waals surface area contributed by atoms with Crippen molar-refractivity contribution in [3.05, 3.63) is 36.5 Å². The van der Waals surface area contributed by atoms with Crippen molar-refractivity contribution in [2.24, 2.45) is 0 Å². The van der Waals surface area contributed by atoms with Crippen LogP contribution in [0.5, 0.6) is 0 Å². The van der Waals surface area contributed by atoms with E-state index in [1.807, 2.05) is 21.1 Å². The normalized spacial score (nSPS) is 13.7. The van der Waals surface area contributed by atoms with Crippen LogP contribution in [0.4, 0.5) is 0 Å². The zero-order chi connectivity index (χ0) is 45.0. The van der Waals surface area contributed by atoms with Crippen molar-refractivity contribution in [3.8, 4) is 0 Å². The van der Waals surface area contributed by atoms with Crippen molar-refractivity contribution in [2.45, 2.75) is 232 Å². The number of hydrogen-bond donors (Lipinski definition) is 0. The maximum atomic E-state index is 12.7. The number of ether oxygens (including phenoxy) is 2. The fraction of sp³-hybridized carbons (Fsp3) is 0.843. The van der Waals surface area contributed by atoms with E-state index in [0.29, 0.717) is 17.4 Å². The van der Waals surface area contributed by atoms with Crippen LogP contribution in [0.2, 0.25) is 0 Å². The van der Waals surface area contributed by atoms with Crippen LogP contribution >= 0.6 is 7.82 Å². The molecule has 61 heavy (non-hydrogen) atoms. The Balaban J connectivity index is 4.16. The molecule has 0 saturated heterocycles. The zero-order valence-corrected chi connectivity index (χ0v) is 41.3. The zero-order valence-electron chi connectivity index (χ0n) is 40.4. The standard InChI is InChI=1S/C51H96NO8P/c1-6-8-10-12-14-16-18-20-21-22-23-24-25-26-27-28-29-30-32-33-35-37-39-41-43-50(53)57-47-49(48-59-61(55,56)58-46-45-52(3,4)5)60-51(54)44-42-40-38-36-34-31-19-17-15-13-11-9-7-2/h9,11,15,17,31,34,49H,6-8,10,12-14,16,18-30,32-33,35-48H2,1-5H3/b11-9-,17-15-,34-31-. The van der Waals surface area contributed by atoms with Gasteiger partial charge in [0.2, 0.25) is 0 Å². The van der Waals surface area contributed by atoms with Gasteiger partial charge in [-0.1, -0.05) is 204 Å². The Bertz CT molecular complexity index is 1130. The molecule has 0 N–H and O–H groups in total. The van der Waals surface area contributed by atoms with Crippen molar-refractivity contribution in [2.75, 3.05) is 47.5 Å². The predicted molar refractivity (Wildman–Crippen MR) is 254 cm³/mol. The van der Waals surface area contributed by atoms with Gasteiger partial charge < -0.3 is 27.9 Å². The van der Waals surface area contributed by atoms with Crippen molar-refractivity contribution < 1.29 is 42.1 Å². The molecule has 0 spiro atoms. The average molecular weight is 882 g/mol. The van der Waals surface area contributed by atoms with Crippen molar-refractivity contribution >= 4 is 19.8 Å². The van der Waals surface area contributed by atoms with Crippen LogP contribution < -0.4 is 4.89 Å². The monoisotopic (exact) mass is 882 g/mol. The topological polar surface area (TPSA) is 111 Å². The van der Waals surface area contributed by atoms with E-state index in [-0.39, 0.29) is 32.0 Å². The highest BCUT2D eigenvalue weighted by molar-refractivity contribution is 7.45. The molecule has 0 bridgehead atoms. The molecule has 0 aliphatic heterocycles. The molecule has 358 valence electrons. The number of likely N-dealkylation sites (N-methyl/N-ethyl adjacent to an activating group) is 1. The number of carbonyl (C=O) groups is 2. The van der Waals surface area contributed by atoms with Crippen LogP contribution in [0, 0.1) is 0 Å². The quantitative estimate of drug-likeness (QED) is 0.0195. The molecular weight excluding hydrogens is 786 g/mol. The lowest BCUT2D eigenvalue weighted by Gasteiger charge is -2.28. The number of phosphoric ester groups is 1. The van der Waals surface area contributed by atoms with Crippen LogP contribution in [-0.4, -0.2) is 70.0 Å². The Morgan fingerprint density at radius 1 is 0.525 bits per heavy atom. The molecule has 0 aromatic rings. The van der Waals surface area contributed by atoms with Gasteiger partial charge in [0.25, 0.3) is 7.82 Å². The minimum atomic E-state index is -4.63. The minimum Gasteiger partial charge on any atom is -0.756 e. The Hall–Kier alpha value is -1.77. The lowest BCUT2D eigenvalue weighted by atomic mass is 10.0. The van der Waals surface area contributed by atoms with Gasteiger partial charge in [-0.25, -0.2) is 0 Å². The maximum absolute atomic E-state index is 12.7. The van der Waals surface area contributed by atoms with Gasteiger partial charge in [-0.2, -0.15) is 0 Å². The van der Waals surface area contributed by atoms with E-state index in [2.05, 4.69) is 50.3 Å². The number of quaternary nitrogens is 1. The summed E-state index contributed by atoms with van der Waals surface area (Å²) in [6.45, 7) is 4.10. The van der Waals surface area contributed by atoms with Crippen LogP contribution in [0.15, 0.2) is 36.5 Å². The summed E-state index contributed by atoms with van der Waals surface area (Å²) < 4.78 is 33.9.